The topological polar surface area (TPSA) is 35.6 Å². The quantitative estimate of drug-likeness (QED) is 0.840. The zero-order chi connectivity index (χ0) is 18.9. The molecule has 0 saturated carbocycles. The van der Waals surface area contributed by atoms with Gasteiger partial charge < -0.3 is 10.2 Å². The molecule has 152 valence electrons. The van der Waals surface area contributed by atoms with E-state index in [-0.39, 0.29) is 18.3 Å². The van der Waals surface area contributed by atoms with Crippen LogP contribution in [0.25, 0.3) is 0 Å². The second-order valence-corrected chi connectivity index (χ2v) is 7.68. The van der Waals surface area contributed by atoms with E-state index in [0.717, 1.165) is 44.7 Å². The molecule has 1 aromatic rings. The zero-order valence-corrected chi connectivity index (χ0v) is 16.5. The lowest BCUT2D eigenvalue weighted by Crippen LogP contribution is -2.50. The van der Waals surface area contributed by atoms with E-state index in [2.05, 4.69) is 10.2 Å². The van der Waals surface area contributed by atoms with Crippen LogP contribution in [0.5, 0.6) is 0 Å². The van der Waals surface area contributed by atoms with Crippen molar-refractivity contribution in [2.45, 2.75) is 37.9 Å². The summed E-state index contributed by atoms with van der Waals surface area (Å²) in [7, 11) is 0. The monoisotopic (exact) mass is 405 g/mol. The Morgan fingerprint density at radius 2 is 1.74 bits per heavy atom. The lowest BCUT2D eigenvalue weighted by Gasteiger charge is -2.34. The summed E-state index contributed by atoms with van der Waals surface area (Å²) in [6, 6.07) is 5.47. The van der Waals surface area contributed by atoms with Gasteiger partial charge in [-0.15, -0.1) is 12.4 Å². The molecule has 2 aliphatic heterocycles. The first kappa shape index (κ1) is 22.0. The Morgan fingerprint density at radius 1 is 1.11 bits per heavy atom. The number of rotatable bonds is 3. The predicted octanol–water partition coefficient (Wildman–Crippen LogP) is 2.91. The van der Waals surface area contributed by atoms with E-state index in [1.165, 1.54) is 6.07 Å². The van der Waals surface area contributed by atoms with Crippen molar-refractivity contribution in [3.05, 3.63) is 35.4 Å². The summed E-state index contributed by atoms with van der Waals surface area (Å²) in [5.41, 5.74) is -1.29. The van der Waals surface area contributed by atoms with Crippen molar-refractivity contribution >= 4 is 18.3 Å². The first-order chi connectivity index (χ1) is 12.2. The van der Waals surface area contributed by atoms with Crippen molar-refractivity contribution < 1.29 is 18.0 Å². The molecule has 0 aromatic heterocycles. The fraction of sp³-hybridized carbons (Fsp3) is 0.632. The van der Waals surface area contributed by atoms with Crippen LogP contribution < -0.4 is 5.32 Å². The van der Waals surface area contributed by atoms with Gasteiger partial charge in [0.2, 0.25) is 5.91 Å². The van der Waals surface area contributed by atoms with Gasteiger partial charge in [-0.05, 0) is 31.9 Å². The first-order valence-corrected chi connectivity index (χ1v) is 9.11. The lowest BCUT2D eigenvalue weighted by atomic mass is 9.82. The van der Waals surface area contributed by atoms with Gasteiger partial charge in [-0.25, -0.2) is 0 Å². The molecule has 0 radical (unpaired) electrons. The third kappa shape index (κ3) is 4.76. The Bertz CT molecular complexity index is 660. The normalized spacial score (nSPS) is 21.8. The minimum absolute atomic E-state index is 0. The van der Waals surface area contributed by atoms with Crippen molar-refractivity contribution in [2.24, 2.45) is 0 Å². The Morgan fingerprint density at radius 3 is 2.37 bits per heavy atom. The Labute approximate surface area is 164 Å². The number of nitrogens with one attached hydrogen (secondary N) is 1. The van der Waals surface area contributed by atoms with Crippen LogP contribution in [-0.4, -0.2) is 61.0 Å². The smallest absolute Gasteiger partial charge is 0.340 e. The number of amides is 1. The van der Waals surface area contributed by atoms with E-state index in [0.29, 0.717) is 24.7 Å². The molecule has 1 unspecified atom stereocenters. The fourth-order valence-corrected chi connectivity index (χ4v) is 3.87. The summed E-state index contributed by atoms with van der Waals surface area (Å²) >= 11 is 0. The lowest BCUT2D eigenvalue weighted by molar-refractivity contribution is -0.138. The summed E-state index contributed by atoms with van der Waals surface area (Å²) < 4.78 is 39.0. The van der Waals surface area contributed by atoms with Crippen LogP contribution in [0, 0.1) is 0 Å². The maximum Gasteiger partial charge on any atom is 0.416 e. The molecule has 0 bridgehead atoms. The summed E-state index contributed by atoms with van der Waals surface area (Å²) in [6.45, 7) is 8.61. The number of carbonyl (C=O) groups is 1. The molecule has 1 N–H and O–H groups in total. The molecule has 2 saturated heterocycles. The van der Waals surface area contributed by atoms with Gasteiger partial charge in [0.1, 0.15) is 0 Å². The van der Waals surface area contributed by atoms with Crippen LogP contribution in [0.4, 0.5) is 13.2 Å². The number of halogens is 4. The molecule has 3 rings (SSSR count). The third-order valence-corrected chi connectivity index (χ3v) is 5.56. The zero-order valence-electron chi connectivity index (χ0n) is 15.7. The Balaban J connectivity index is 0.00000261. The summed E-state index contributed by atoms with van der Waals surface area (Å²) in [5.74, 6) is -0.102. The summed E-state index contributed by atoms with van der Waals surface area (Å²) in [4.78, 5) is 17.3. The van der Waals surface area contributed by atoms with E-state index in [1.54, 1.807) is 19.9 Å². The second-order valence-electron chi connectivity index (χ2n) is 7.68. The Hall–Kier alpha value is -1.31. The molecule has 2 aliphatic rings. The Kier molecular flexibility index (Phi) is 6.81. The number of hydrogen-bond donors (Lipinski definition) is 1. The highest BCUT2D eigenvalue weighted by atomic mass is 35.5. The second kappa shape index (κ2) is 8.37. The van der Waals surface area contributed by atoms with Gasteiger partial charge in [0.25, 0.3) is 0 Å². The number of nitrogens with zero attached hydrogens (tertiary/aromatic N) is 2. The summed E-state index contributed by atoms with van der Waals surface area (Å²) in [5, 5.41) is 3.32. The molecule has 1 amide bonds. The van der Waals surface area contributed by atoms with Crippen LogP contribution in [-0.2, 0) is 16.4 Å². The maximum absolute atomic E-state index is 13.1. The van der Waals surface area contributed by atoms with Crippen LogP contribution >= 0.6 is 12.4 Å². The van der Waals surface area contributed by atoms with E-state index >= 15 is 0 Å². The molecule has 4 nitrogen and oxygen atoms in total. The van der Waals surface area contributed by atoms with Crippen LogP contribution in [0.15, 0.2) is 24.3 Å². The van der Waals surface area contributed by atoms with Crippen LogP contribution in [0.2, 0.25) is 0 Å². The average Bonchev–Trinajstić information content (AvgIpc) is 3.11. The van der Waals surface area contributed by atoms with E-state index in [4.69, 9.17) is 0 Å². The van der Waals surface area contributed by atoms with Gasteiger partial charge in [-0.3, -0.25) is 9.69 Å². The van der Waals surface area contributed by atoms with Crippen molar-refractivity contribution in [3.8, 4) is 0 Å². The molecule has 0 aliphatic carbocycles. The number of likely N-dealkylation sites (tertiary alicyclic amines) is 1. The molecular formula is C19H27ClF3N3O. The average molecular weight is 406 g/mol. The summed E-state index contributed by atoms with van der Waals surface area (Å²) in [6.07, 6.45) is -3.49. The maximum atomic E-state index is 13.1. The molecule has 2 fully saturated rings. The van der Waals surface area contributed by atoms with Gasteiger partial charge in [-0.2, -0.15) is 13.2 Å². The van der Waals surface area contributed by atoms with Gasteiger partial charge in [0, 0.05) is 45.3 Å². The molecule has 2 heterocycles. The van der Waals surface area contributed by atoms with E-state index in [1.807, 2.05) is 4.90 Å². The molecule has 27 heavy (non-hydrogen) atoms. The number of carbonyl (C=O) groups excluding carboxylic acids is 1. The number of piperazine rings is 1. The highest BCUT2D eigenvalue weighted by Crippen LogP contribution is 2.34. The van der Waals surface area contributed by atoms with Gasteiger partial charge >= 0.3 is 6.18 Å². The predicted molar refractivity (Wildman–Crippen MR) is 101 cm³/mol. The minimum Gasteiger partial charge on any atom is -0.340 e. The number of benzene rings is 1. The molecule has 1 aromatic carbocycles. The highest BCUT2D eigenvalue weighted by Gasteiger charge is 2.40. The third-order valence-electron chi connectivity index (χ3n) is 5.56. The first-order valence-electron chi connectivity index (χ1n) is 9.11. The van der Waals surface area contributed by atoms with Gasteiger partial charge in [0.15, 0.2) is 0 Å². The van der Waals surface area contributed by atoms with Crippen molar-refractivity contribution in [1.29, 1.82) is 0 Å². The molecule has 0 spiro atoms. The largest absolute Gasteiger partial charge is 0.416 e. The molecule has 1 atom stereocenters. The number of alkyl halides is 3. The fourth-order valence-electron chi connectivity index (χ4n) is 3.87. The van der Waals surface area contributed by atoms with Crippen molar-refractivity contribution in [3.63, 3.8) is 0 Å². The minimum atomic E-state index is -4.41. The van der Waals surface area contributed by atoms with Crippen LogP contribution in [0.3, 0.4) is 0 Å². The molecular weight excluding hydrogens is 379 g/mol. The van der Waals surface area contributed by atoms with Crippen molar-refractivity contribution in [1.82, 2.24) is 15.1 Å². The number of hydrogen-bond acceptors (Lipinski definition) is 3. The van der Waals surface area contributed by atoms with E-state index < -0.39 is 17.2 Å². The van der Waals surface area contributed by atoms with E-state index in [9.17, 15) is 18.0 Å². The molecule has 8 heteroatoms. The standard InChI is InChI=1S/C19H26F3N3O.ClH/c1-18(2,14-4-3-5-15(12-14)19(20,21)22)17(26)25-9-6-16(13-25)24-10-7-23-8-11-24;/h3-5,12,16,23H,6-11,13H2,1-2H3;1H. The van der Waals surface area contributed by atoms with Gasteiger partial charge in [-0.1, -0.05) is 18.2 Å². The SMILES string of the molecule is CC(C)(C(=O)N1CCC(N2CCNCC2)C1)c1cccc(C(F)(F)F)c1.Cl. The van der Waals surface area contributed by atoms with Crippen molar-refractivity contribution in [2.75, 3.05) is 39.3 Å². The van der Waals surface area contributed by atoms with Crippen LogP contribution in [0.1, 0.15) is 31.4 Å². The highest BCUT2D eigenvalue weighted by molar-refractivity contribution is 5.87. The van der Waals surface area contributed by atoms with Gasteiger partial charge in [0.05, 0.1) is 11.0 Å².